The van der Waals surface area contributed by atoms with Crippen molar-refractivity contribution < 1.29 is 14.2 Å². The van der Waals surface area contributed by atoms with Gasteiger partial charge in [0.25, 0.3) is 0 Å². The number of ether oxygens (including phenoxy) is 1. The van der Waals surface area contributed by atoms with E-state index in [0.29, 0.717) is 41.4 Å². The molecule has 35 heavy (non-hydrogen) atoms. The highest BCUT2D eigenvalue weighted by Crippen LogP contribution is 2.34. The van der Waals surface area contributed by atoms with Gasteiger partial charge in [-0.3, -0.25) is 4.68 Å². The number of rotatable bonds is 5. The highest BCUT2D eigenvalue weighted by Gasteiger charge is 2.31. The van der Waals surface area contributed by atoms with Crippen molar-refractivity contribution in [1.82, 2.24) is 29.4 Å². The molecule has 1 aliphatic rings. The van der Waals surface area contributed by atoms with E-state index in [-0.39, 0.29) is 17.6 Å². The van der Waals surface area contributed by atoms with E-state index < -0.39 is 11.4 Å². The van der Waals surface area contributed by atoms with Crippen LogP contribution < -0.4 is 15.4 Å². The number of anilines is 2. The quantitative estimate of drug-likeness (QED) is 0.446. The Kier molecular flexibility index (Phi) is 5.54. The van der Waals surface area contributed by atoms with Crippen molar-refractivity contribution in [2.24, 2.45) is 5.92 Å². The van der Waals surface area contributed by atoms with Gasteiger partial charge in [0.15, 0.2) is 23.0 Å². The maximum Gasteiger partial charge on any atom is 0.223 e. The van der Waals surface area contributed by atoms with Crippen LogP contribution >= 0.6 is 0 Å². The molecule has 0 aliphatic carbocycles. The molecule has 4 aromatic rings. The van der Waals surface area contributed by atoms with E-state index in [2.05, 4.69) is 27.0 Å². The van der Waals surface area contributed by atoms with E-state index in [4.69, 9.17) is 15.5 Å². The number of aliphatic hydroxyl groups is 1. The van der Waals surface area contributed by atoms with Gasteiger partial charge >= 0.3 is 0 Å². The number of nitrogens with zero attached hydrogens (tertiary/aromatic N) is 7. The maximum atomic E-state index is 14.5. The van der Waals surface area contributed by atoms with Crippen molar-refractivity contribution in [3.05, 3.63) is 35.7 Å². The molecule has 3 aromatic heterocycles. The molecule has 5 rings (SSSR count). The van der Waals surface area contributed by atoms with E-state index >= 15 is 0 Å². The highest BCUT2D eigenvalue weighted by atomic mass is 19.1. The molecule has 11 heteroatoms. The minimum absolute atomic E-state index is 0.0493. The minimum atomic E-state index is -0.853. The van der Waals surface area contributed by atoms with Crippen molar-refractivity contribution in [3.63, 3.8) is 0 Å². The molecule has 0 unspecified atom stereocenters. The molecule has 4 heterocycles. The molecule has 186 valence electrons. The summed E-state index contributed by atoms with van der Waals surface area (Å²) in [5.41, 5.74) is 8.26. The molecule has 1 aliphatic heterocycles. The standard InChI is InChI=1S/C24H31FN8O2/c1-13-6-15(10-31(9-13)19-11-32(29-14(19)2)12-24(3,4)34)21-28-22-16-7-17(25)20(35-5)8-18(16)27-23(26)33(22)30-21/h7-8,11,13,15,34H,6,9-10,12H2,1-5H3,(H2,26,27)/t13-,15+/m1/s1. The molecular formula is C24H31FN8O2. The van der Waals surface area contributed by atoms with Crippen molar-refractivity contribution in [2.45, 2.75) is 52.2 Å². The molecule has 0 bridgehead atoms. The van der Waals surface area contributed by atoms with Gasteiger partial charge in [-0.05, 0) is 39.2 Å². The third-order valence-corrected chi connectivity index (χ3v) is 6.42. The average Bonchev–Trinajstić information content (AvgIpc) is 3.37. The molecule has 10 nitrogen and oxygen atoms in total. The summed E-state index contributed by atoms with van der Waals surface area (Å²) in [5, 5.41) is 20.0. The number of piperidine rings is 1. The fraction of sp³-hybridized carbons (Fsp3) is 0.500. The fourth-order valence-corrected chi connectivity index (χ4v) is 5.01. The van der Waals surface area contributed by atoms with Crippen LogP contribution in [0.5, 0.6) is 5.75 Å². The first-order valence-corrected chi connectivity index (χ1v) is 11.7. The summed E-state index contributed by atoms with van der Waals surface area (Å²) in [6, 6.07) is 2.89. The van der Waals surface area contributed by atoms with Crippen LogP contribution in [0.3, 0.4) is 0 Å². The Labute approximate surface area is 202 Å². The van der Waals surface area contributed by atoms with Crippen molar-refractivity contribution >= 4 is 28.2 Å². The van der Waals surface area contributed by atoms with Crippen LogP contribution in [0, 0.1) is 18.7 Å². The second-order valence-corrected chi connectivity index (χ2v) is 10.2. The van der Waals surface area contributed by atoms with Crippen LogP contribution in [-0.4, -0.2) is 60.3 Å². The van der Waals surface area contributed by atoms with Crippen LogP contribution in [-0.2, 0) is 6.54 Å². The third kappa shape index (κ3) is 4.36. The zero-order valence-electron chi connectivity index (χ0n) is 20.7. The summed E-state index contributed by atoms with van der Waals surface area (Å²) in [5.74, 6) is 0.893. The number of benzene rings is 1. The van der Waals surface area contributed by atoms with Gasteiger partial charge in [-0.2, -0.15) is 9.61 Å². The van der Waals surface area contributed by atoms with Crippen molar-refractivity contribution in [2.75, 3.05) is 30.8 Å². The molecular weight excluding hydrogens is 451 g/mol. The van der Waals surface area contributed by atoms with Gasteiger partial charge in [0, 0.05) is 36.7 Å². The van der Waals surface area contributed by atoms with Crippen LogP contribution in [0.1, 0.15) is 44.6 Å². The molecule has 1 aromatic carbocycles. The molecule has 2 atom stereocenters. The van der Waals surface area contributed by atoms with Gasteiger partial charge in [0.1, 0.15) is 0 Å². The normalized spacial score (nSPS) is 19.1. The SMILES string of the molecule is COc1cc2nc(N)n3nc([C@H]4C[C@@H](C)CN(c5cn(CC(C)(C)O)nc5C)C4)nc3c2cc1F. The lowest BCUT2D eigenvalue weighted by Gasteiger charge is -2.36. The third-order valence-electron chi connectivity index (χ3n) is 6.42. The lowest BCUT2D eigenvalue weighted by atomic mass is 9.89. The fourth-order valence-electron chi connectivity index (χ4n) is 5.01. The van der Waals surface area contributed by atoms with Gasteiger partial charge in [0.2, 0.25) is 5.95 Å². The number of fused-ring (bicyclic) bond motifs is 3. The van der Waals surface area contributed by atoms with Crippen molar-refractivity contribution in [1.29, 1.82) is 0 Å². The maximum absolute atomic E-state index is 14.5. The predicted octanol–water partition coefficient (Wildman–Crippen LogP) is 2.91. The van der Waals surface area contributed by atoms with E-state index in [1.165, 1.54) is 23.8 Å². The van der Waals surface area contributed by atoms with Crippen LogP contribution in [0.2, 0.25) is 0 Å². The molecule has 1 saturated heterocycles. The van der Waals surface area contributed by atoms with Crippen LogP contribution in [0.4, 0.5) is 16.0 Å². The summed E-state index contributed by atoms with van der Waals surface area (Å²) >= 11 is 0. The summed E-state index contributed by atoms with van der Waals surface area (Å²) in [6.07, 6.45) is 2.91. The van der Waals surface area contributed by atoms with Gasteiger partial charge in [0.05, 0.1) is 36.2 Å². The number of halogens is 1. The number of hydrogen-bond acceptors (Lipinski definition) is 8. The molecule has 3 N–H and O–H groups in total. The monoisotopic (exact) mass is 482 g/mol. The van der Waals surface area contributed by atoms with Gasteiger partial charge < -0.3 is 20.5 Å². The summed E-state index contributed by atoms with van der Waals surface area (Å²) in [6.45, 7) is 9.73. The Morgan fingerprint density at radius 1 is 1.23 bits per heavy atom. The molecule has 0 spiro atoms. The van der Waals surface area contributed by atoms with E-state index in [1.54, 1.807) is 18.5 Å². The number of aryl methyl sites for hydroxylation is 1. The summed E-state index contributed by atoms with van der Waals surface area (Å²) in [4.78, 5) is 11.5. The zero-order valence-corrected chi connectivity index (χ0v) is 20.7. The predicted molar refractivity (Wildman–Crippen MR) is 131 cm³/mol. The van der Waals surface area contributed by atoms with E-state index in [0.717, 1.165) is 24.3 Å². The summed E-state index contributed by atoms with van der Waals surface area (Å²) < 4.78 is 22.8. The smallest absolute Gasteiger partial charge is 0.223 e. The van der Waals surface area contributed by atoms with Crippen LogP contribution in [0.25, 0.3) is 16.6 Å². The number of nitrogens with two attached hydrogens (primary N) is 1. The number of hydrogen-bond donors (Lipinski definition) is 2. The first-order valence-electron chi connectivity index (χ1n) is 11.7. The topological polar surface area (TPSA) is 120 Å². The number of nitrogen functional groups attached to an aromatic ring is 1. The Bertz CT molecular complexity index is 1410. The lowest BCUT2D eigenvalue weighted by molar-refractivity contribution is 0.0577. The van der Waals surface area contributed by atoms with E-state index in [1.807, 2.05) is 13.1 Å². The Balaban J connectivity index is 1.50. The summed E-state index contributed by atoms with van der Waals surface area (Å²) in [7, 11) is 1.41. The molecule has 1 fully saturated rings. The first kappa shape index (κ1) is 23.3. The Morgan fingerprint density at radius 3 is 2.71 bits per heavy atom. The van der Waals surface area contributed by atoms with Gasteiger partial charge in [-0.1, -0.05) is 6.92 Å². The second-order valence-electron chi connectivity index (χ2n) is 10.2. The first-order chi connectivity index (χ1) is 16.5. The van der Waals surface area contributed by atoms with Crippen molar-refractivity contribution in [3.8, 4) is 5.75 Å². The Hall–Kier alpha value is -3.47. The molecule has 0 radical (unpaired) electrons. The van der Waals surface area contributed by atoms with Gasteiger partial charge in [-0.15, -0.1) is 5.10 Å². The lowest BCUT2D eigenvalue weighted by Crippen LogP contribution is -2.39. The minimum Gasteiger partial charge on any atom is -0.494 e. The Morgan fingerprint density at radius 2 is 2.00 bits per heavy atom. The largest absolute Gasteiger partial charge is 0.494 e. The van der Waals surface area contributed by atoms with E-state index in [9.17, 15) is 9.50 Å². The van der Waals surface area contributed by atoms with Gasteiger partial charge in [-0.25, -0.2) is 14.4 Å². The zero-order chi connectivity index (χ0) is 25.1. The second kappa shape index (κ2) is 8.33. The number of methoxy groups -OCH3 is 1. The highest BCUT2D eigenvalue weighted by molar-refractivity contribution is 5.93. The average molecular weight is 483 g/mol. The number of aromatic nitrogens is 6. The van der Waals surface area contributed by atoms with Crippen LogP contribution in [0.15, 0.2) is 18.3 Å². The molecule has 0 saturated carbocycles. The molecule has 0 amide bonds.